The molecule has 1 rings (SSSR count). The zero-order valence-electron chi connectivity index (χ0n) is 10.2. The number of amides is 2. The Morgan fingerprint density at radius 1 is 1.35 bits per heavy atom. The lowest BCUT2D eigenvalue weighted by Crippen LogP contribution is -2.43. The summed E-state index contributed by atoms with van der Waals surface area (Å²) in [6.45, 7) is 2.16. The Morgan fingerprint density at radius 2 is 2.12 bits per heavy atom. The third-order valence-electron chi connectivity index (χ3n) is 2.53. The van der Waals surface area contributed by atoms with E-state index in [0.717, 1.165) is 19.4 Å². The fourth-order valence-electron chi connectivity index (χ4n) is 1.59. The van der Waals surface area contributed by atoms with Crippen molar-refractivity contribution in [3.8, 4) is 0 Å². The van der Waals surface area contributed by atoms with E-state index in [-0.39, 0.29) is 6.10 Å². The van der Waals surface area contributed by atoms with Crippen LogP contribution in [0, 0.1) is 0 Å². The van der Waals surface area contributed by atoms with E-state index in [0.29, 0.717) is 26.1 Å². The Morgan fingerprint density at radius 3 is 2.76 bits per heavy atom. The fraction of sp³-hybridized carbons (Fsp3) is 0.818. The second-order valence-corrected chi connectivity index (χ2v) is 3.95. The highest BCUT2D eigenvalue weighted by molar-refractivity contribution is 6.35. The lowest BCUT2D eigenvalue weighted by Gasteiger charge is -2.10. The normalized spacial score (nSPS) is 19.0. The van der Waals surface area contributed by atoms with Gasteiger partial charge < -0.3 is 20.1 Å². The maximum atomic E-state index is 11.4. The molecule has 0 bridgehead atoms. The lowest BCUT2D eigenvalue weighted by atomic mass is 10.2. The van der Waals surface area contributed by atoms with Gasteiger partial charge in [-0.1, -0.05) is 0 Å². The molecule has 1 heterocycles. The predicted octanol–water partition coefficient (Wildman–Crippen LogP) is -0.566. The van der Waals surface area contributed by atoms with Gasteiger partial charge in [-0.2, -0.15) is 0 Å². The topological polar surface area (TPSA) is 76.7 Å². The van der Waals surface area contributed by atoms with Crippen LogP contribution in [0.2, 0.25) is 0 Å². The number of hydrogen-bond donors (Lipinski definition) is 2. The van der Waals surface area contributed by atoms with Crippen molar-refractivity contribution < 1.29 is 19.1 Å². The first-order valence-electron chi connectivity index (χ1n) is 5.90. The molecular weight excluding hydrogens is 224 g/mol. The minimum atomic E-state index is -0.599. The van der Waals surface area contributed by atoms with Crippen LogP contribution in [0.4, 0.5) is 0 Å². The highest BCUT2D eigenvalue weighted by Gasteiger charge is 2.18. The molecule has 98 valence electrons. The van der Waals surface area contributed by atoms with Crippen molar-refractivity contribution in [3.63, 3.8) is 0 Å². The lowest BCUT2D eigenvalue weighted by molar-refractivity contribution is -0.139. The molecule has 1 fully saturated rings. The zero-order chi connectivity index (χ0) is 12.5. The molecule has 0 aromatic rings. The number of ether oxygens (including phenoxy) is 2. The second kappa shape index (κ2) is 8.03. The zero-order valence-corrected chi connectivity index (χ0v) is 10.2. The van der Waals surface area contributed by atoms with Crippen molar-refractivity contribution >= 4 is 11.8 Å². The summed E-state index contributed by atoms with van der Waals surface area (Å²) in [5.41, 5.74) is 0. The molecule has 1 atom stereocenters. The SMILES string of the molecule is COCCCNC(=O)C(=O)NCC1CCCO1. The Kier molecular flexibility index (Phi) is 6.57. The maximum Gasteiger partial charge on any atom is 0.309 e. The number of hydrogen-bond acceptors (Lipinski definition) is 4. The van der Waals surface area contributed by atoms with Gasteiger partial charge in [0, 0.05) is 33.4 Å². The number of carbonyl (C=O) groups excluding carboxylic acids is 2. The molecule has 2 N–H and O–H groups in total. The van der Waals surface area contributed by atoms with E-state index in [2.05, 4.69) is 10.6 Å². The molecule has 1 saturated heterocycles. The highest BCUT2D eigenvalue weighted by Crippen LogP contribution is 2.10. The predicted molar refractivity (Wildman–Crippen MR) is 61.5 cm³/mol. The van der Waals surface area contributed by atoms with E-state index in [1.807, 2.05) is 0 Å². The van der Waals surface area contributed by atoms with E-state index < -0.39 is 11.8 Å². The van der Waals surface area contributed by atoms with Crippen molar-refractivity contribution in [1.82, 2.24) is 10.6 Å². The van der Waals surface area contributed by atoms with Crippen LogP contribution in [-0.2, 0) is 19.1 Å². The number of methoxy groups -OCH3 is 1. The van der Waals surface area contributed by atoms with E-state index in [9.17, 15) is 9.59 Å². The third kappa shape index (κ3) is 5.65. The fourth-order valence-corrected chi connectivity index (χ4v) is 1.59. The van der Waals surface area contributed by atoms with Gasteiger partial charge in [0.25, 0.3) is 0 Å². The second-order valence-electron chi connectivity index (χ2n) is 3.95. The largest absolute Gasteiger partial charge is 0.385 e. The Labute approximate surface area is 101 Å². The minimum Gasteiger partial charge on any atom is -0.385 e. The molecule has 0 saturated carbocycles. The smallest absolute Gasteiger partial charge is 0.309 e. The van der Waals surface area contributed by atoms with E-state index >= 15 is 0 Å². The van der Waals surface area contributed by atoms with E-state index in [1.54, 1.807) is 7.11 Å². The maximum absolute atomic E-state index is 11.4. The summed E-state index contributed by atoms with van der Waals surface area (Å²) >= 11 is 0. The highest BCUT2D eigenvalue weighted by atomic mass is 16.5. The summed E-state index contributed by atoms with van der Waals surface area (Å²) < 4.78 is 10.2. The molecule has 0 spiro atoms. The summed E-state index contributed by atoms with van der Waals surface area (Å²) in [6.07, 6.45) is 2.71. The summed E-state index contributed by atoms with van der Waals surface area (Å²) in [5.74, 6) is -1.20. The van der Waals surface area contributed by atoms with Crippen LogP contribution in [0.1, 0.15) is 19.3 Å². The van der Waals surface area contributed by atoms with Gasteiger partial charge in [-0.3, -0.25) is 9.59 Å². The Balaban J connectivity index is 2.07. The molecule has 6 nitrogen and oxygen atoms in total. The van der Waals surface area contributed by atoms with Gasteiger partial charge in [-0.25, -0.2) is 0 Å². The quantitative estimate of drug-likeness (QED) is 0.485. The van der Waals surface area contributed by atoms with Crippen LogP contribution in [-0.4, -0.2) is 51.3 Å². The average molecular weight is 244 g/mol. The molecule has 1 unspecified atom stereocenters. The van der Waals surface area contributed by atoms with Gasteiger partial charge in [0.05, 0.1) is 6.10 Å². The van der Waals surface area contributed by atoms with E-state index in [1.165, 1.54) is 0 Å². The van der Waals surface area contributed by atoms with Gasteiger partial charge in [0.15, 0.2) is 0 Å². The molecule has 0 aromatic heterocycles. The van der Waals surface area contributed by atoms with Crippen LogP contribution in [0.5, 0.6) is 0 Å². The Hall–Kier alpha value is -1.14. The molecule has 0 aromatic carbocycles. The first-order chi connectivity index (χ1) is 8.24. The molecule has 0 aliphatic carbocycles. The Bertz CT molecular complexity index is 252. The van der Waals surface area contributed by atoms with Gasteiger partial charge in [-0.05, 0) is 19.3 Å². The van der Waals surface area contributed by atoms with Crippen LogP contribution in [0.15, 0.2) is 0 Å². The third-order valence-corrected chi connectivity index (χ3v) is 2.53. The summed E-state index contributed by atoms with van der Waals surface area (Å²) in [7, 11) is 1.59. The number of rotatable bonds is 6. The van der Waals surface area contributed by atoms with Crippen molar-refractivity contribution in [2.75, 3.05) is 33.4 Å². The van der Waals surface area contributed by atoms with Crippen LogP contribution >= 0.6 is 0 Å². The summed E-state index contributed by atoms with van der Waals surface area (Å²) in [4.78, 5) is 22.7. The molecular formula is C11H20N2O4. The van der Waals surface area contributed by atoms with Crippen molar-refractivity contribution in [1.29, 1.82) is 0 Å². The summed E-state index contributed by atoms with van der Waals surface area (Å²) in [5, 5.41) is 5.08. The summed E-state index contributed by atoms with van der Waals surface area (Å²) in [6, 6.07) is 0. The van der Waals surface area contributed by atoms with Crippen LogP contribution in [0.3, 0.4) is 0 Å². The van der Waals surface area contributed by atoms with Gasteiger partial charge >= 0.3 is 11.8 Å². The number of nitrogens with one attached hydrogen (secondary N) is 2. The monoisotopic (exact) mass is 244 g/mol. The molecule has 6 heteroatoms. The molecule has 1 aliphatic heterocycles. The van der Waals surface area contributed by atoms with Crippen molar-refractivity contribution in [2.24, 2.45) is 0 Å². The molecule has 1 aliphatic rings. The first kappa shape index (κ1) is 13.9. The van der Waals surface area contributed by atoms with E-state index in [4.69, 9.17) is 9.47 Å². The van der Waals surface area contributed by atoms with Crippen LogP contribution < -0.4 is 10.6 Å². The molecule has 2 amide bonds. The first-order valence-corrected chi connectivity index (χ1v) is 5.90. The molecule has 17 heavy (non-hydrogen) atoms. The van der Waals surface area contributed by atoms with Crippen molar-refractivity contribution in [2.45, 2.75) is 25.4 Å². The standard InChI is InChI=1S/C11H20N2O4/c1-16-6-3-5-12-10(14)11(15)13-8-9-4-2-7-17-9/h9H,2-8H2,1H3,(H,12,14)(H,13,15). The minimum absolute atomic E-state index is 0.0558. The van der Waals surface area contributed by atoms with Crippen LogP contribution in [0.25, 0.3) is 0 Å². The van der Waals surface area contributed by atoms with Gasteiger partial charge in [0.1, 0.15) is 0 Å². The van der Waals surface area contributed by atoms with Gasteiger partial charge in [0.2, 0.25) is 0 Å². The average Bonchev–Trinajstić information content (AvgIpc) is 2.84. The molecule has 0 radical (unpaired) electrons. The van der Waals surface area contributed by atoms with Gasteiger partial charge in [-0.15, -0.1) is 0 Å². The van der Waals surface area contributed by atoms with Crippen molar-refractivity contribution in [3.05, 3.63) is 0 Å². The number of carbonyl (C=O) groups is 2.